The van der Waals surface area contributed by atoms with E-state index in [9.17, 15) is 0 Å². The lowest BCUT2D eigenvalue weighted by molar-refractivity contribution is 0.585. The van der Waals surface area contributed by atoms with Crippen LogP contribution < -0.4 is 10.2 Å². The molecule has 6 heteroatoms. The van der Waals surface area contributed by atoms with Crippen molar-refractivity contribution in [3.8, 4) is 22.4 Å². The van der Waals surface area contributed by atoms with E-state index >= 15 is 0 Å². The highest BCUT2D eigenvalue weighted by molar-refractivity contribution is 5.93. The van der Waals surface area contributed by atoms with Gasteiger partial charge >= 0.3 is 0 Å². The molecule has 6 nitrogen and oxygen atoms in total. The van der Waals surface area contributed by atoms with Gasteiger partial charge in [0.1, 0.15) is 5.82 Å². The van der Waals surface area contributed by atoms with Crippen LogP contribution in [0.25, 0.3) is 33.3 Å². The van der Waals surface area contributed by atoms with Crippen LogP contribution in [-0.2, 0) is 0 Å². The SMILES string of the molecule is Cc1c(-c2ccc(N3CCNCC3)nc2)[nH]c2cc(-c3cn[nH]c3)ccc12. The number of hydrogen-bond acceptors (Lipinski definition) is 4. The van der Waals surface area contributed by atoms with Crippen molar-refractivity contribution >= 4 is 16.7 Å². The molecule has 1 saturated heterocycles. The minimum Gasteiger partial charge on any atom is -0.354 e. The number of aromatic nitrogens is 4. The predicted octanol–water partition coefficient (Wildman–Crippen LogP) is 3.34. The van der Waals surface area contributed by atoms with E-state index in [0.29, 0.717) is 0 Å². The van der Waals surface area contributed by atoms with Crippen LogP contribution in [0.2, 0.25) is 0 Å². The Labute approximate surface area is 157 Å². The molecule has 0 aliphatic carbocycles. The monoisotopic (exact) mass is 358 g/mol. The number of aromatic amines is 2. The molecule has 1 aliphatic rings. The lowest BCUT2D eigenvalue weighted by Crippen LogP contribution is -2.43. The van der Waals surface area contributed by atoms with E-state index in [1.54, 1.807) is 0 Å². The summed E-state index contributed by atoms with van der Waals surface area (Å²) in [7, 11) is 0. The van der Waals surface area contributed by atoms with Crippen molar-refractivity contribution in [1.82, 2.24) is 25.5 Å². The molecule has 27 heavy (non-hydrogen) atoms. The number of benzene rings is 1. The molecule has 3 N–H and O–H groups in total. The molecular weight excluding hydrogens is 336 g/mol. The number of anilines is 1. The van der Waals surface area contributed by atoms with Crippen LogP contribution in [0.4, 0.5) is 5.82 Å². The Morgan fingerprint density at radius 1 is 0.963 bits per heavy atom. The minimum absolute atomic E-state index is 1.01. The summed E-state index contributed by atoms with van der Waals surface area (Å²) in [5.41, 5.74) is 6.87. The molecule has 1 fully saturated rings. The summed E-state index contributed by atoms with van der Waals surface area (Å²) in [4.78, 5) is 10.6. The summed E-state index contributed by atoms with van der Waals surface area (Å²) in [6, 6.07) is 10.8. The van der Waals surface area contributed by atoms with Gasteiger partial charge in [-0.15, -0.1) is 0 Å². The summed E-state index contributed by atoms with van der Waals surface area (Å²) in [6.45, 7) is 6.21. The Morgan fingerprint density at radius 3 is 2.56 bits per heavy atom. The van der Waals surface area contributed by atoms with E-state index in [-0.39, 0.29) is 0 Å². The Bertz CT molecular complexity index is 1060. The molecular formula is C21H22N6. The third-order valence-electron chi connectivity index (χ3n) is 5.37. The zero-order valence-corrected chi connectivity index (χ0v) is 15.3. The van der Waals surface area contributed by atoms with Gasteiger partial charge in [-0.2, -0.15) is 5.10 Å². The zero-order valence-electron chi connectivity index (χ0n) is 15.3. The average molecular weight is 358 g/mol. The molecule has 0 spiro atoms. The maximum atomic E-state index is 4.71. The van der Waals surface area contributed by atoms with E-state index in [4.69, 9.17) is 4.98 Å². The predicted molar refractivity (Wildman–Crippen MR) is 109 cm³/mol. The highest BCUT2D eigenvalue weighted by atomic mass is 15.2. The number of nitrogens with one attached hydrogen (secondary N) is 3. The average Bonchev–Trinajstić information content (AvgIpc) is 3.37. The second kappa shape index (κ2) is 6.55. The number of fused-ring (bicyclic) bond motifs is 1. The van der Waals surface area contributed by atoms with Gasteiger partial charge in [-0.05, 0) is 36.2 Å². The van der Waals surface area contributed by atoms with Gasteiger partial charge in [0.25, 0.3) is 0 Å². The number of hydrogen-bond donors (Lipinski definition) is 3. The van der Waals surface area contributed by atoms with Crippen LogP contribution in [0, 0.1) is 6.92 Å². The Morgan fingerprint density at radius 2 is 1.81 bits per heavy atom. The first kappa shape index (κ1) is 16.1. The van der Waals surface area contributed by atoms with Crippen LogP contribution in [-0.4, -0.2) is 46.3 Å². The molecule has 1 aromatic carbocycles. The van der Waals surface area contributed by atoms with Gasteiger partial charge in [0.2, 0.25) is 0 Å². The highest BCUT2D eigenvalue weighted by Gasteiger charge is 2.14. The second-order valence-electron chi connectivity index (χ2n) is 7.01. The summed E-state index contributed by atoms with van der Waals surface area (Å²) in [5.74, 6) is 1.05. The van der Waals surface area contributed by atoms with E-state index in [0.717, 1.165) is 59.9 Å². The maximum Gasteiger partial charge on any atom is 0.128 e. The molecule has 3 aromatic heterocycles. The van der Waals surface area contributed by atoms with Gasteiger partial charge < -0.3 is 15.2 Å². The summed E-state index contributed by atoms with van der Waals surface area (Å²) in [6.07, 6.45) is 5.74. The number of piperazine rings is 1. The zero-order chi connectivity index (χ0) is 18.2. The van der Waals surface area contributed by atoms with Crippen molar-refractivity contribution in [2.45, 2.75) is 6.92 Å². The lowest BCUT2D eigenvalue weighted by Gasteiger charge is -2.28. The Balaban J connectivity index is 1.49. The molecule has 0 amide bonds. The van der Waals surface area contributed by atoms with Gasteiger partial charge in [-0.1, -0.05) is 12.1 Å². The molecule has 0 atom stereocenters. The molecule has 0 unspecified atom stereocenters. The molecule has 136 valence electrons. The Hall–Kier alpha value is -3.12. The highest BCUT2D eigenvalue weighted by Crippen LogP contribution is 2.32. The Kier molecular flexibility index (Phi) is 3.90. The quantitative estimate of drug-likeness (QED) is 0.525. The number of nitrogens with zero attached hydrogens (tertiary/aromatic N) is 3. The maximum absolute atomic E-state index is 4.71. The normalized spacial score (nSPS) is 14.8. The first-order valence-corrected chi connectivity index (χ1v) is 9.33. The molecule has 0 bridgehead atoms. The summed E-state index contributed by atoms with van der Waals surface area (Å²) >= 11 is 0. The molecule has 0 saturated carbocycles. The first-order chi connectivity index (χ1) is 13.3. The fourth-order valence-corrected chi connectivity index (χ4v) is 3.83. The minimum atomic E-state index is 1.01. The van der Waals surface area contributed by atoms with Gasteiger partial charge in [0, 0.05) is 60.6 Å². The smallest absolute Gasteiger partial charge is 0.128 e. The van der Waals surface area contributed by atoms with E-state index < -0.39 is 0 Å². The third-order valence-corrected chi connectivity index (χ3v) is 5.37. The van der Waals surface area contributed by atoms with E-state index in [2.05, 4.69) is 62.7 Å². The van der Waals surface area contributed by atoms with Gasteiger partial charge in [-0.25, -0.2) is 4.98 Å². The van der Waals surface area contributed by atoms with Gasteiger partial charge in [0.05, 0.1) is 11.9 Å². The third kappa shape index (κ3) is 2.88. The lowest BCUT2D eigenvalue weighted by atomic mass is 10.0. The van der Waals surface area contributed by atoms with Gasteiger partial charge in [-0.3, -0.25) is 5.10 Å². The molecule has 4 aromatic rings. The van der Waals surface area contributed by atoms with Crippen LogP contribution in [0.5, 0.6) is 0 Å². The van der Waals surface area contributed by atoms with Crippen molar-refractivity contribution < 1.29 is 0 Å². The molecule has 1 aliphatic heterocycles. The second-order valence-corrected chi connectivity index (χ2v) is 7.01. The van der Waals surface area contributed by atoms with E-state index in [1.165, 1.54) is 10.9 Å². The fourth-order valence-electron chi connectivity index (χ4n) is 3.83. The van der Waals surface area contributed by atoms with Gasteiger partial charge in [0.15, 0.2) is 0 Å². The fraction of sp³-hybridized carbons (Fsp3) is 0.238. The summed E-state index contributed by atoms with van der Waals surface area (Å²) in [5, 5.41) is 11.5. The molecule has 4 heterocycles. The van der Waals surface area contributed by atoms with Crippen molar-refractivity contribution in [3.05, 3.63) is 54.5 Å². The van der Waals surface area contributed by atoms with Crippen molar-refractivity contribution in [2.24, 2.45) is 0 Å². The number of H-pyrrole nitrogens is 2. The van der Waals surface area contributed by atoms with Crippen LogP contribution in [0.15, 0.2) is 48.9 Å². The standard InChI is InChI=1S/C21H22N6/c1-14-18-4-2-15(17-12-24-25-13-17)10-19(18)26-21(14)16-3-5-20(23-11-16)27-8-6-22-7-9-27/h2-5,10-13,22,26H,6-9H2,1H3,(H,24,25). The molecule has 5 rings (SSSR count). The topological polar surface area (TPSA) is 72.6 Å². The van der Waals surface area contributed by atoms with Crippen LogP contribution in [0.1, 0.15) is 5.56 Å². The van der Waals surface area contributed by atoms with Crippen molar-refractivity contribution in [1.29, 1.82) is 0 Å². The van der Waals surface area contributed by atoms with Crippen molar-refractivity contribution in [3.63, 3.8) is 0 Å². The van der Waals surface area contributed by atoms with Crippen LogP contribution >= 0.6 is 0 Å². The first-order valence-electron chi connectivity index (χ1n) is 9.33. The van der Waals surface area contributed by atoms with E-state index in [1.807, 2.05) is 18.6 Å². The molecule has 0 radical (unpaired) electrons. The number of pyridine rings is 1. The largest absolute Gasteiger partial charge is 0.354 e. The van der Waals surface area contributed by atoms with Crippen molar-refractivity contribution in [2.75, 3.05) is 31.1 Å². The summed E-state index contributed by atoms with van der Waals surface area (Å²) < 4.78 is 0. The van der Waals surface area contributed by atoms with Crippen LogP contribution in [0.3, 0.4) is 0 Å². The number of aryl methyl sites for hydroxylation is 1. The number of rotatable bonds is 3.